The zero-order valence-corrected chi connectivity index (χ0v) is 16.5. The fraction of sp³-hybridized carbons (Fsp3) is 0.364. The molecular weight excluding hydrogens is 324 g/mol. The summed E-state index contributed by atoms with van der Waals surface area (Å²) in [5.41, 5.74) is 2.24. The number of rotatable bonds is 8. The van der Waals surface area contributed by atoms with Gasteiger partial charge in [0.2, 0.25) is 0 Å². The van der Waals surface area contributed by atoms with Crippen LogP contribution in [0.4, 0.5) is 0 Å². The van der Waals surface area contributed by atoms with Crippen LogP contribution in [0.1, 0.15) is 17.5 Å². The van der Waals surface area contributed by atoms with E-state index in [0.29, 0.717) is 0 Å². The van der Waals surface area contributed by atoms with E-state index in [1.54, 1.807) is 0 Å². The quantitative estimate of drug-likeness (QED) is 0.275. The van der Waals surface area contributed by atoms with Crippen LogP contribution in [0.3, 0.4) is 0 Å². The molecular formula is C22H28O2Si. The molecule has 25 heavy (non-hydrogen) atoms. The summed E-state index contributed by atoms with van der Waals surface area (Å²) in [5.74, 6) is 7.27. The number of aryl methyl sites for hydroxylation is 1. The van der Waals surface area contributed by atoms with Crippen LogP contribution in [0.25, 0.3) is 0 Å². The van der Waals surface area contributed by atoms with Gasteiger partial charge in [-0.25, -0.2) is 0 Å². The molecule has 0 saturated heterocycles. The Bertz CT molecular complexity index is 693. The molecule has 0 saturated carbocycles. The third-order valence-corrected chi connectivity index (χ3v) is 5.49. The summed E-state index contributed by atoms with van der Waals surface area (Å²) in [5, 5.41) is 0. The molecule has 0 fully saturated rings. The van der Waals surface area contributed by atoms with Crippen molar-refractivity contribution in [3.05, 3.63) is 65.7 Å². The number of para-hydroxylation sites is 1. The molecule has 132 valence electrons. The average Bonchev–Trinajstić information content (AvgIpc) is 2.59. The average molecular weight is 353 g/mol. The third kappa shape index (κ3) is 8.06. The molecule has 3 heteroatoms. The van der Waals surface area contributed by atoms with Gasteiger partial charge < -0.3 is 9.47 Å². The van der Waals surface area contributed by atoms with E-state index < -0.39 is 8.07 Å². The van der Waals surface area contributed by atoms with Gasteiger partial charge in [0.05, 0.1) is 5.56 Å². The van der Waals surface area contributed by atoms with Crippen molar-refractivity contribution in [2.24, 2.45) is 0 Å². The number of hydrogen-bond donors (Lipinski definition) is 0. The Kier molecular flexibility index (Phi) is 7.78. The predicted octanol–water partition coefficient (Wildman–Crippen LogP) is 5.36. The number of benzene rings is 2. The lowest BCUT2D eigenvalue weighted by atomic mass is 10.1. The summed E-state index contributed by atoms with van der Waals surface area (Å²) in [6.07, 6.45) is 1.81. The van der Waals surface area contributed by atoms with Crippen LogP contribution in [-0.4, -0.2) is 21.5 Å². The highest BCUT2D eigenvalue weighted by molar-refractivity contribution is 6.76. The molecule has 0 heterocycles. The summed E-state index contributed by atoms with van der Waals surface area (Å²) in [6, 6.07) is 19.5. The minimum absolute atomic E-state index is 0.285. The molecule has 2 aromatic rings. The van der Waals surface area contributed by atoms with Crippen LogP contribution in [0.5, 0.6) is 5.75 Å². The van der Waals surface area contributed by atoms with Crippen LogP contribution in [-0.2, 0) is 11.2 Å². The molecule has 0 N–H and O–H groups in total. The molecule has 0 radical (unpaired) electrons. The first-order valence-electron chi connectivity index (χ1n) is 8.87. The summed E-state index contributed by atoms with van der Waals surface area (Å²) < 4.78 is 11.4. The second kappa shape index (κ2) is 10.1. The van der Waals surface area contributed by atoms with Gasteiger partial charge >= 0.3 is 0 Å². The number of ether oxygens (including phenoxy) is 2. The van der Waals surface area contributed by atoms with Crippen molar-refractivity contribution in [1.82, 2.24) is 0 Å². The lowest BCUT2D eigenvalue weighted by Crippen LogP contribution is -2.22. The number of hydrogen-bond acceptors (Lipinski definition) is 2. The summed E-state index contributed by atoms with van der Waals surface area (Å²) >= 11 is 0. The molecule has 0 aromatic heterocycles. The predicted molar refractivity (Wildman–Crippen MR) is 108 cm³/mol. The van der Waals surface area contributed by atoms with Crippen molar-refractivity contribution in [3.8, 4) is 17.6 Å². The molecule has 0 atom stereocenters. The molecule has 0 amide bonds. The van der Waals surface area contributed by atoms with Crippen LogP contribution in [0.15, 0.2) is 54.6 Å². The van der Waals surface area contributed by atoms with E-state index >= 15 is 0 Å². The monoisotopic (exact) mass is 352 g/mol. The Morgan fingerprint density at radius 2 is 1.64 bits per heavy atom. The van der Waals surface area contributed by atoms with Gasteiger partial charge in [-0.3, -0.25) is 0 Å². The van der Waals surface area contributed by atoms with Crippen molar-refractivity contribution >= 4 is 8.07 Å². The topological polar surface area (TPSA) is 18.5 Å². The molecule has 0 aliphatic heterocycles. The maximum absolute atomic E-state index is 5.76. The van der Waals surface area contributed by atoms with Gasteiger partial charge in [-0.05, 0) is 30.2 Å². The zero-order chi connectivity index (χ0) is 18.0. The minimum atomic E-state index is -1.05. The van der Waals surface area contributed by atoms with E-state index in [-0.39, 0.29) is 6.79 Å². The van der Waals surface area contributed by atoms with Gasteiger partial charge in [-0.1, -0.05) is 73.9 Å². The van der Waals surface area contributed by atoms with Gasteiger partial charge in [0.1, 0.15) is 5.75 Å². The van der Waals surface area contributed by atoms with Gasteiger partial charge in [-0.2, -0.15) is 0 Å². The maximum Gasteiger partial charge on any atom is 0.189 e. The fourth-order valence-corrected chi connectivity index (χ4v) is 3.00. The van der Waals surface area contributed by atoms with Crippen molar-refractivity contribution < 1.29 is 9.47 Å². The van der Waals surface area contributed by atoms with E-state index in [1.807, 2.05) is 30.3 Å². The normalized spacial score (nSPS) is 10.8. The molecule has 0 aliphatic carbocycles. The van der Waals surface area contributed by atoms with Crippen molar-refractivity contribution in [2.45, 2.75) is 38.5 Å². The Balaban J connectivity index is 1.81. The first kappa shape index (κ1) is 19.3. The molecule has 2 rings (SSSR count). The SMILES string of the molecule is C[Si](C)(C)CCOCOc1ccccc1C#CCCc1ccccc1. The van der Waals surface area contributed by atoms with E-state index in [9.17, 15) is 0 Å². The Morgan fingerprint density at radius 3 is 2.40 bits per heavy atom. The Hall–Kier alpha value is -2.02. The standard InChI is InChI=1S/C22H28O2Si/c1-25(2,3)18-17-23-19-24-22-16-10-9-15-21(22)14-8-7-13-20-11-5-4-6-12-20/h4-6,9-12,15-16H,7,13,17-19H2,1-3H3. The molecule has 0 unspecified atom stereocenters. The fourth-order valence-electron chi connectivity index (χ4n) is 2.25. The maximum atomic E-state index is 5.76. The van der Waals surface area contributed by atoms with E-state index in [0.717, 1.165) is 36.8 Å². The van der Waals surface area contributed by atoms with E-state index in [4.69, 9.17) is 9.47 Å². The second-order valence-electron chi connectivity index (χ2n) is 7.26. The Labute approximate surface area is 153 Å². The lowest BCUT2D eigenvalue weighted by molar-refractivity contribution is 0.0219. The van der Waals surface area contributed by atoms with Crippen LogP contribution in [0.2, 0.25) is 25.7 Å². The summed E-state index contributed by atoms with van der Waals surface area (Å²) in [7, 11) is -1.05. The van der Waals surface area contributed by atoms with Crippen molar-refractivity contribution in [1.29, 1.82) is 0 Å². The lowest BCUT2D eigenvalue weighted by Gasteiger charge is -2.15. The Morgan fingerprint density at radius 1 is 0.920 bits per heavy atom. The van der Waals surface area contributed by atoms with Gasteiger partial charge in [0, 0.05) is 21.1 Å². The molecule has 2 aromatic carbocycles. The highest BCUT2D eigenvalue weighted by Gasteiger charge is 2.12. The molecule has 0 aliphatic rings. The van der Waals surface area contributed by atoms with Crippen molar-refractivity contribution in [3.63, 3.8) is 0 Å². The van der Waals surface area contributed by atoms with Gasteiger partial charge in [-0.15, -0.1) is 0 Å². The smallest absolute Gasteiger partial charge is 0.189 e. The summed E-state index contributed by atoms with van der Waals surface area (Å²) in [4.78, 5) is 0. The van der Waals surface area contributed by atoms with Crippen LogP contribution in [0, 0.1) is 11.8 Å². The molecule has 2 nitrogen and oxygen atoms in total. The third-order valence-electron chi connectivity index (χ3n) is 3.79. The largest absolute Gasteiger partial charge is 0.466 e. The molecule has 0 bridgehead atoms. The van der Waals surface area contributed by atoms with Gasteiger partial charge in [0.25, 0.3) is 0 Å². The highest BCUT2D eigenvalue weighted by atomic mass is 28.3. The van der Waals surface area contributed by atoms with Crippen molar-refractivity contribution in [2.75, 3.05) is 13.4 Å². The van der Waals surface area contributed by atoms with E-state index in [2.05, 4.69) is 55.7 Å². The first-order valence-corrected chi connectivity index (χ1v) is 12.6. The van der Waals surface area contributed by atoms with Crippen LogP contribution >= 0.6 is 0 Å². The van der Waals surface area contributed by atoms with Crippen LogP contribution < -0.4 is 4.74 Å². The van der Waals surface area contributed by atoms with Gasteiger partial charge in [0.15, 0.2) is 6.79 Å². The summed E-state index contributed by atoms with van der Waals surface area (Å²) in [6.45, 7) is 8.08. The molecule has 0 spiro atoms. The van der Waals surface area contributed by atoms with E-state index in [1.165, 1.54) is 5.56 Å². The first-order chi connectivity index (χ1) is 12.0. The second-order valence-corrected chi connectivity index (χ2v) is 12.9. The zero-order valence-electron chi connectivity index (χ0n) is 15.5. The minimum Gasteiger partial charge on any atom is -0.466 e. The highest BCUT2D eigenvalue weighted by Crippen LogP contribution is 2.17.